The predicted molar refractivity (Wildman–Crippen MR) is 84.2 cm³/mol. The molecule has 0 saturated carbocycles. The molecule has 2 aromatic heterocycles. The number of ether oxygens (including phenoxy) is 1. The summed E-state index contributed by atoms with van der Waals surface area (Å²) in [5.74, 6) is 1.62. The Hall–Kier alpha value is -2.54. The van der Waals surface area contributed by atoms with Crippen LogP contribution >= 0.6 is 11.8 Å². The van der Waals surface area contributed by atoms with Crippen LogP contribution in [-0.2, 0) is 0 Å². The number of methoxy groups -OCH3 is 1. The highest BCUT2D eigenvalue weighted by molar-refractivity contribution is 7.99. The lowest BCUT2D eigenvalue weighted by atomic mass is 10.2. The SMILES string of the molecule is COc1ccc([C@@H]2Nn3c(nnc3-c3cccnc3)S2)cc1. The first-order chi connectivity index (χ1) is 10.8. The van der Waals surface area contributed by atoms with Crippen LogP contribution in [0.2, 0.25) is 0 Å². The number of thioether (sulfide) groups is 1. The van der Waals surface area contributed by atoms with E-state index in [0.29, 0.717) is 0 Å². The van der Waals surface area contributed by atoms with Gasteiger partial charge < -0.3 is 10.2 Å². The van der Waals surface area contributed by atoms with Crippen LogP contribution in [0.5, 0.6) is 5.75 Å². The third kappa shape index (κ3) is 2.19. The summed E-state index contributed by atoms with van der Waals surface area (Å²) in [4.78, 5) is 4.13. The average Bonchev–Trinajstić information content (AvgIpc) is 3.16. The third-order valence-electron chi connectivity index (χ3n) is 3.44. The summed E-state index contributed by atoms with van der Waals surface area (Å²) >= 11 is 1.64. The molecule has 0 fully saturated rings. The first-order valence-corrected chi connectivity index (χ1v) is 7.66. The van der Waals surface area contributed by atoms with Gasteiger partial charge in [-0.05, 0) is 29.8 Å². The molecular weight excluding hydrogens is 298 g/mol. The van der Waals surface area contributed by atoms with Crippen LogP contribution in [-0.4, -0.2) is 27.0 Å². The van der Waals surface area contributed by atoms with Crippen molar-refractivity contribution in [1.82, 2.24) is 19.9 Å². The van der Waals surface area contributed by atoms with Crippen molar-refractivity contribution in [2.75, 3.05) is 12.5 Å². The zero-order valence-electron chi connectivity index (χ0n) is 11.8. The van der Waals surface area contributed by atoms with E-state index < -0.39 is 0 Å². The quantitative estimate of drug-likeness (QED) is 0.802. The lowest BCUT2D eigenvalue weighted by Crippen LogP contribution is -2.13. The minimum Gasteiger partial charge on any atom is -0.497 e. The largest absolute Gasteiger partial charge is 0.497 e. The lowest BCUT2D eigenvalue weighted by molar-refractivity contribution is 0.414. The Bertz CT molecular complexity index is 787. The molecule has 1 aliphatic heterocycles. The van der Waals surface area contributed by atoms with Gasteiger partial charge in [0.2, 0.25) is 5.16 Å². The van der Waals surface area contributed by atoms with Crippen molar-refractivity contribution < 1.29 is 4.74 Å². The molecule has 0 amide bonds. The number of hydrogen-bond donors (Lipinski definition) is 1. The summed E-state index contributed by atoms with van der Waals surface area (Å²) in [7, 11) is 1.67. The summed E-state index contributed by atoms with van der Waals surface area (Å²) in [6.07, 6.45) is 3.53. The fourth-order valence-electron chi connectivity index (χ4n) is 2.31. The summed E-state index contributed by atoms with van der Waals surface area (Å²) in [6, 6.07) is 11.9. The second-order valence-corrected chi connectivity index (χ2v) is 5.86. The highest BCUT2D eigenvalue weighted by Crippen LogP contribution is 2.40. The van der Waals surface area contributed by atoms with Crippen LogP contribution < -0.4 is 10.2 Å². The van der Waals surface area contributed by atoms with Crippen LogP contribution in [0.1, 0.15) is 10.9 Å². The number of fused-ring (bicyclic) bond motifs is 1. The molecule has 22 heavy (non-hydrogen) atoms. The maximum Gasteiger partial charge on any atom is 0.212 e. The number of rotatable bonds is 3. The molecule has 0 aliphatic carbocycles. The summed E-state index contributed by atoms with van der Waals surface area (Å²) in [5.41, 5.74) is 5.52. The molecule has 1 atom stereocenters. The maximum absolute atomic E-state index is 5.19. The molecule has 0 bridgehead atoms. The van der Waals surface area contributed by atoms with Gasteiger partial charge in [0, 0.05) is 18.0 Å². The minimum atomic E-state index is 0.104. The molecule has 0 spiro atoms. The van der Waals surface area contributed by atoms with Crippen molar-refractivity contribution in [2.45, 2.75) is 10.5 Å². The van der Waals surface area contributed by atoms with Crippen molar-refractivity contribution in [1.29, 1.82) is 0 Å². The Morgan fingerprint density at radius 2 is 2.05 bits per heavy atom. The number of hydrogen-bond acceptors (Lipinski definition) is 6. The van der Waals surface area contributed by atoms with Gasteiger partial charge in [0.25, 0.3) is 0 Å². The number of pyridine rings is 1. The van der Waals surface area contributed by atoms with E-state index in [4.69, 9.17) is 4.74 Å². The fourth-order valence-corrected chi connectivity index (χ4v) is 3.31. The summed E-state index contributed by atoms with van der Waals surface area (Å²) < 4.78 is 7.11. The second-order valence-electron chi connectivity index (χ2n) is 4.78. The molecule has 1 aromatic carbocycles. The van der Waals surface area contributed by atoms with Crippen LogP contribution in [0, 0.1) is 0 Å². The van der Waals surface area contributed by atoms with Crippen molar-refractivity contribution >= 4 is 11.8 Å². The number of nitrogens with zero attached hydrogens (tertiary/aromatic N) is 4. The van der Waals surface area contributed by atoms with Crippen LogP contribution in [0.15, 0.2) is 53.9 Å². The molecule has 6 nitrogen and oxygen atoms in total. The highest BCUT2D eigenvalue weighted by atomic mass is 32.2. The van der Waals surface area contributed by atoms with Crippen LogP contribution in [0.3, 0.4) is 0 Å². The standard InChI is InChI=1S/C15H13N5OS/c1-21-12-6-4-10(5-7-12)14-19-20-13(17-18-15(20)22-14)11-3-2-8-16-9-11/h2-9,14,19H,1H3/t14-/m1/s1. The minimum absolute atomic E-state index is 0.104. The van der Waals surface area contributed by atoms with Gasteiger partial charge in [0.05, 0.1) is 7.11 Å². The zero-order valence-corrected chi connectivity index (χ0v) is 12.6. The van der Waals surface area contributed by atoms with Gasteiger partial charge in [0.15, 0.2) is 5.82 Å². The van der Waals surface area contributed by atoms with Gasteiger partial charge in [-0.1, -0.05) is 23.9 Å². The van der Waals surface area contributed by atoms with Crippen LogP contribution in [0.25, 0.3) is 11.4 Å². The van der Waals surface area contributed by atoms with Gasteiger partial charge in [-0.2, -0.15) is 0 Å². The molecule has 1 aliphatic rings. The highest BCUT2D eigenvalue weighted by Gasteiger charge is 2.28. The van der Waals surface area contributed by atoms with E-state index in [1.54, 1.807) is 31.3 Å². The van der Waals surface area contributed by atoms with Crippen molar-refractivity contribution in [3.05, 3.63) is 54.4 Å². The lowest BCUT2D eigenvalue weighted by Gasteiger charge is -2.12. The van der Waals surface area contributed by atoms with E-state index in [1.807, 2.05) is 41.1 Å². The molecule has 0 saturated heterocycles. The normalized spacial score (nSPS) is 16.1. The van der Waals surface area contributed by atoms with E-state index in [1.165, 1.54) is 0 Å². The molecule has 3 heterocycles. The summed E-state index contributed by atoms with van der Waals surface area (Å²) in [5, 5.41) is 9.43. The predicted octanol–water partition coefficient (Wildman–Crippen LogP) is 2.70. The van der Waals surface area contributed by atoms with Crippen molar-refractivity contribution in [2.24, 2.45) is 0 Å². The average molecular weight is 311 g/mol. The Morgan fingerprint density at radius 3 is 2.77 bits per heavy atom. The maximum atomic E-state index is 5.19. The molecule has 4 rings (SSSR count). The number of benzene rings is 1. The first-order valence-electron chi connectivity index (χ1n) is 6.78. The molecule has 1 N–H and O–H groups in total. The molecular formula is C15H13N5OS. The second kappa shape index (κ2) is 5.34. The summed E-state index contributed by atoms with van der Waals surface area (Å²) in [6.45, 7) is 0. The third-order valence-corrected chi connectivity index (χ3v) is 4.53. The smallest absolute Gasteiger partial charge is 0.212 e. The number of nitrogens with one attached hydrogen (secondary N) is 1. The van der Waals surface area contributed by atoms with E-state index in [0.717, 1.165) is 27.9 Å². The molecule has 7 heteroatoms. The van der Waals surface area contributed by atoms with Gasteiger partial charge in [-0.15, -0.1) is 10.2 Å². The number of aromatic nitrogens is 4. The topological polar surface area (TPSA) is 64.9 Å². The molecule has 0 unspecified atom stereocenters. The molecule has 3 aromatic rings. The Balaban J connectivity index is 1.62. The van der Waals surface area contributed by atoms with Gasteiger partial charge in [-0.25, -0.2) is 4.68 Å². The molecule has 110 valence electrons. The molecule has 0 radical (unpaired) electrons. The first kappa shape index (κ1) is 13.1. The van der Waals surface area contributed by atoms with E-state index in [-0.39, 0.29) is 5.37 Å². The Morgan fingerprint density at radius 1 is 1.18 bits per heavy atom. The van der Waals surface area contributed by atoms with Crippen molar-refractivity contribution in [3.8, 4) is 17.1 Å². The van der Waals surface area contributed by atoms with E-state index in [2.05, 4.69) is 20.6 Å². The fraction of sp³-hybridized carbons (Fsp3) is 0.133. The zero-order chi connectivity index (χ0) is 14.9. The van der Waals surface area contributed by atoms with Crippen molar-refractivity contribution in [3.63, 3.8) is 0 Å². The van der Waals surface area contributed by atoms with E-state index in [9.17, 15) is 0 Å². The van der Waals surface area contributed by atoms with Crippen LogP contribution in [0.4, 0.5) is 0 Å². The monoisotopic (exact) mass is 311 g/mol. The van der Waals surface area contributed by atoms with E-state index >= 15 is 0 Å². The Labute approximate surface area is 131 Å². The van der Waals surface area contributed by atoms with Gasteiger partial charge in [-0.3, -0.25) is 4.98 Å². The van der Waals surface area contributed by atoms with Gasteiger partial charge in [0.1, 0.15) is 11.1 Å². The van der Waals surface area contributed by atoms with Gasteiger partial charge >= 0.3 is 0 Å². The Kier molecular flexibility index (Phi) is 3.19.